The molecule has 11 amide bonds. The monoisotopic (exact) mass is 1240 g/mol. The third-order valence-electron chi connectivity index (χ3n) is 15.7. The summed E-state index contributed by atoms with van der Waals surface area (Å²) in [5, 5.41) is 49.2. The SMILES string of the molecule is CC[C@H](C)[C@H](NC(=O)[C@H](Cc1ccccc1)NC)C(=O)N[C@@H](CO)C(=O)N[C@H](CCC(N)=O)C(=O)N[C@@H](C(=O)N[C@H](C(=O)N[C@@H](CO)C(=O)N[C@H]1C(=O)N[C@@H](C)C(=O)N[C@@H](CCCN=C(N)N)C(=O)N[C@@H]([C@@H](C)CC)C(=O)O[C@H]1C)[C@@H](C)CC)[C@@H](C)CC. The number of carbonyl (C=O) groups is 12. The Morgan fingerprint density at radius 1 is 0.602 bits per heavy atom. The highest BCUT2D eigenvalue weighted by Gasteiger charge is 2.41. The number of hydrogen-bond donors (Lipinski definition) is 16. The van der Waals surface area contributed by atoms with Crippen LogP contribution in [0.25, 0.3) is 0 Å². The smallest absolute Gasteiger partial charge is 0.329 e. The van der Waals surface area contributed by atoms with Crippen LogP contribution in [0.5, 0.6) is 0 Å². The molecule has 0 aromatic heterocycles. The van der Waals surface area contributed by atoms with Crippen LogP contribution in [0.2, 0.25) is 0 Å². The number of amides is 11. The van der Waals surface area contributed by atoms with Gasteiger partial charge in [0.05, 0.1) is 19.3 Å². The summed E-state index contributed by atoms with van der Waals surface area (Å²) in [7, 11) is 1.60. The van der Waals surface area contributed by atoms with E-state index in [4.69, 9.17) is 21.9 Å². The van der Waals surface area contributed by atoms with Crippen LogP contribution in [0.15, 0.2) is 35.3 Å². The third kappa shape index (κ3) is 24.3. The molecule has 0 spiro atoms. The number of aliphatic hydroxyl groups is 2. The molecule has 494 valence electrons. The Balaban J connectivity index is 2.41. The van der Waals surface area contributed by atoms with Gasteiger partial charge < -0.3 is 90.6 Å². The molecule has 2 rings (SSSR count). The normalized spacial score (nSPS) is 21.0. The third-order valence-corrected chi connectivity index (χ3v) is 15.7. The van der Waals surface area contributed by atoms with E-state index in [2.05, 4.69) is 63.5 Å². The number of rotatable bonds is 34. The number of aliphatic imine (C=N–C) groups is 1. The summed E-state index contributed by atoms with van der Waals surface area (Å²) in [5.41, 5.74) is 17.2. The van der Waals surface area contributed by atoms with Crippen molar-refractivity contribution in [1.29, 1.82) is 0 Å². The topological polar surface area (TPSA) is 477 Å². The summed E-state index contributed by atoms with van der Waals surface area (Å²) in [6.07, 6.45) is -0.509. The van der Waals surface area contributed by atoms with Gasteiger partial charge in [0.2, 0.25) is 65.0 Å². The molecule has 0 aliphatic carbocycles. The maximum Gasteiger partial charge on any atom is 0.329 e. The van der Waals surface area contributed by atoms with Gasteiger partial charge in [0.1, 0.15) is 66.5 Å². The van der Waals surface area contributed by atoms with E-state index in [1.807, 2.05) is 30.3 Å². The van der Waals surface area contributed by atoms with Gasteiger partial charge in [-0.3, -0.25) is 57.7 Å². The highest BCUT2D eigenvalue weighted by atomic mass is 16.5. The number of nitrogens with two attached hydrogens (primary N) is 3. The van der Waals surface area contributed by atoms with E-state index >= 15 is 0 Å². The zero-order valence-corrected chi connectivity index (χ0v) is 52.5. The van der Waals surface area contributed by atoms with Gasteiger partial charge in [-0.15, -0.1) is 0 Å². The molecule has 1 saturated heterocycles. The number of nitrogens with one attached hydrogen (secondary N) is 11. The fourth-order valence-electron chi connectivity index (χ4n) is 9.11. The minimum Gasteiger partial charge on any atom is -0.458 e. The molecule has 0 radical (unpaired) electrons. The Morgan fingerprint density at radius 3 is 1.56 bits per heavy atom. The van der Waals surface area contributed by atoms with Crippen LogP contribution in [-0.4, -0.2) is 186 Å². The van der Waals surface area contributed by atoms with Crippen LogP contribution < -0.4 is 75.7 Å². The summed E-state index contributed by atoms with van der Waals surface area (Å²) in [5.74, 6) is -13.4. The predicted octanol–water partition coefficient (Wildman–Crippen LogP) is -3.88. The number of nitrogens with zero attached hydrogens (tertiary/aromatic N) is 1. The molecule has 0 saturated carbocycles. The van der Waals surface area contributed by atoms with Crippen LogP contribution in [0, 0.1) is 23.7 Å². The number of primary amides is 1. The Labute approximate surface area is 514 Å². The second-order valence-corrected chi connectivity index (χ2v) is 22.4. The summed E-state index contributed by atoms with van der Waals surface area (Å²) in [6, 6.07) is -6.39. The van der Waals surface area contributed by atoms with Crippen LogP contribution in [0.4, 0.5) is 0 Å². The number of cyclic esters (lactones) is 1. The van der Waals surface area contributed by atoms with E-state index in [0.29, 0.717) is 19.3 Å². The molecule has 0 bridgehead atoms. The first-order valence-corrected chi connectivity index (χ1v) is 30.0. The number of carbonyl (C=O) groups excluding carboxylic acids is 12. The molecular weight excluding hydrogens is 1150 g/mol. The Bertz CT molecular complexity index is 2560. The zero-order chi connectivity index (χ0) is 66.5. The minimum absolute atomic E-state index is 0.0239. The minimum atomic E-state index is -1.83. The highest BCUT2D eigenvalue weighted by Crippen LogP contribution is 2.17. The molecule has 16 atom stereocenters. The van der Waals surface area contributed by atoms with Crippen molar-refractivity contribution in [2.75, 3.05) is 26.8 Å². The Morgan fingerprint density at radius 2 is 1.08 bits per heavy atom. The van der Waals surface area contributed by atoms with E-state index < -0.39 is 193 Å². The summed E-state index contributed by atoms with van der Waals surface area (Å²) in [6.45, 7) is 14.2. The van der Waals surface area contributed by atoms with Gasteiger partial charge in [-0.25, -0.2) is 4.79 Å². The van der Waals surface area contributed by atoms with Crippen molar-refractivity contribution in [3.05, 3.63) is 35.9 Å². The van der Waals surface area contributed by atoms with Crippen molar-refractivity contribution in [2.45, 2.75) is 200 Å². The summed E-state index contributed by atoms with van der Waals surface area (Å²) in [4.78, 5) is 169. The van der Waals surface area contributed by atoms with Gasteiger partial charge in [0.25, 0.3) is 0 Å². The zero-order valence-electron chi connectivity index (χ0n) is 52.5. The first-order chi connectivity index (χ1) is 41.5. The molecule has 1 aromatic carbocycles. The first kappa shape index (κ1) is 76.1. The van der Waals surface area contributed by atoms with Crippen LogP contribution >= 0.6 is 0 Å². The number of aliphatic hydroxyl groups excluding tert-OH is 2. The van der Waals surface area contributed by atoms with Crippen molar-refractivity contribution in [2.24, 2.45) is 45.9 Å². The average molecular weight is 1240 g/mol. The van der Waals surface area contributed by atoms with Gasteiger partial charge in [0, 0.05) is 13.0 Å². The lowest BCUT2D eigenvalue weighted by Gasteiger charge is -2.31. The van der Waals surface area contributed by atoms with Crippen molar-refractivity contribution in [3.8, 4) is 0 Å². The summed E-state index contributed by atoms with van der Waals surface area (Å²) >= 11 is 0. The Kier molecular flexibility index (Phi) is 33.1. The van der Waals surface area contributed by atoms with Gasteiger partial charge in [-0.1, -0.05) is 111 Å². The molecule has 1 heterocycles. The number of guanidine groups is 1. The molecule has 30 nitrogen and oxygen atoms in total. The number of benzene rings is 1. The highest BCUT2D eigenvalue weighted by molar-refractivity contribution is 5.99. The first-order valence-electron chi connectivity index (χ1n) is 30.0. The van der Waals surface area contributed by atoms with E-state index in [-0.39, 0.29) is 38.2 Å². The quantitative estimate of drug-likeness (QED) is 0.0136. The molecule has 0 unspecified atom stereocenters. The lowest BCUT2D eigenvalue weighted by Crippen LogP contribution is -2.63. The van der Waals surface area contributed by atoms with Crippen LogP contribution in [0.1, 0.15) is 126 Å². The molecule has 1 aromatic rings. The fourth-order valence-corrected chi connectivity index (χ4v) is 9.11. The molecule has 1 aliphatic rings. The second-order valence-electron chi connectivity index (χ2n) is 22.4. The van der Waals surface area contributed by atoms with Crippen molar-refractivity contribution in [3.63, 3.8) is 0 Å². The lowest BCUT2D eigenvalue weighted by molar-refractivity contribution is -0.157. The average Bonchev–Trinajstić information content (AvgIpc) is 3.12. The van der Waals surface area contributed by atoms with Crippen molar-refractivity contribution in [1.82, 2.24) is 58.5 Å². The van der Waals surface area contributed by atoms with E-state index in [1.54, 1.807) is 62.4 Å². The Hall–Kier alpha value is -7.99. The van der Waals surface area contributed by atoms with Gasteiger partial charge in [0.15, 0.2) is 5.96 Å². The van der Waals surface area contributed by atoms with Crippen LogP contribution in [0.3, 0.4) is 0 Å². The number of esters is 1. The standard InChI is InChI=1S/C58H97N15O15/c1-12-29(5)42(70-50(80)38(62-11)26-35-20-17-16-18-21-35)53(83)67-39(27-74)51(81)66-37(23-24-41(59)76)49(79)69-44(31(7)14-3)55(85)71-43(30(6)13-2)54(84)68-40(28-75)52(82)73-46-34(10)88-57(87)45(32(8)15-4)72-48(78)36(22-19-25-63-58(60)61)65-47(77)33(9)64-56(46)86/h16-18,20-21,29-34,36-40,42-46,62,74-75H,12-15,19,22-28H2,1-11H3,(H2,59,76)(H,64,86)(H,65,77)(H,66,81)(H,67,83)(H,68,84)(H,69,79)(H,70,80)(H,71,85)(H,72,78)(H,73,82)(H4,60,61,63)/t29-,30-,31-,32-,33-,34-,36-,37+,38-,39-,40-,42-,43-,44+,45-,46+/m0/s1. The maximum atomic E-state index is 14.4. The summed E-state index contributed by atoms with van der Waals surface area (Å²) < 4.78 is 5.71. The number of ether oxygens (including phenoxy) is 1. The second kappa shape index (κ2) is 38.3. The molecular formula is C58H97N15O15. The maximum absolute atomic E-state index is 14.4. The molecule has 88 heavy (non-hydrogen) atoms. The van der Waals surface area contributed by atoms with E-state index in [1.165, 1.54) is 13.8 Å². The molecule has 19 N–H and O–H groups in total. The predicted molar refractivity (Wildman–Crippen MR) is 324 cm³/mol. The largest absolute Gasteiger partial charge is 0.458 e. The van der Waals surface area contributed by atoms with E-state index in [9.17, 15) is 67.7 Å². The fraction of sp³-hybridized carbons (Fsp3) is 0.672. The van der Waals surface area contributed by atoms with Crippen molar-refractivity contribution < 1.29 is 72.5 Å². The van der Waals surface area contributed by atoms with Gasteiger partial charge in [-0.2, -0.15) is 0 Å². The number of hydrogen-bond acceptors (Lipinski definition) is 17. The van der Waals surface area contributed by atoms with Crippen LogP contribution in [-0.2, 0) is 68.7 Å². The van der Waals surface area contributed by atoms with Gasteiger partial charge >= 0.3 is 5.97 Å². The lowest BCUT2D eigenvalue weighted by atomic mass is 9.94. The molecule has 30 heteroatoms. The molecule has 1 aliphatic heterocycles. The molecule has 1 fully saturated rings. The van der Waals surface area contributed by atoms with Crippen molar-refractivity contribution >= 4 is 76.9 Å². The van der Waals surface area contributed by atoms with Gasteiger partial charge in [-0.05, 0) is 75.8 Å². The number of likely N-dealkylation sites (N-methyl/N-ethyl adjacent to an activating group) is 1. The van der Waals surface area contributed by atoms with E-state index in [0.717, 1.165) is 5.56 Å².